The van der Waals surface area contributed by atoms with E-state index in [1.807, 2.05) is 0 Å². The molecule has 0 aromatic rings. The lowest BCUT2D eigenvalue weighted by Crippen LogP contribution is -2.49. The van der Waals surface area contributed by atoms with Crippen LogP contribution in [0.25, 0.3) is 0 Å². The number of hydrogen-bond donors (Lipinski definition) is 2. The maximum atomic E-state index is 11.7. The third-order valence-electron chi connectivity index (χ3n) is 4.57. The Morgan fingerprint density at radius 3 is 2.47 bits per heavy atom. The van der Waals surface area contributed by atoms with E-state index in [9.17, 15) is 13.5 Å². The Balaban J connectivity index is 1.66. The van der Waals surface area contributed by atoms with Crippen LogP contribution in [0.15, 0.2) is 0 Å². The molecule has 3 rings (SSSR count). The highest BCUT2D eigenvalue weighted by Crippen LogP contribution is 2.32. The van der Waals surface area contributed by atoms with Crippen molar-refractivity contribution in [1.82, 2.24) is 10.2 Å². The van der Waals surface area contributed by atoms with Crippen LogP contribution < -0.4 is 5.32 Å². The van der Waals surface area contributed by atoms with Crippen LogP contribution in [-0.4, -0.2) is 67.8 Å². The van der Waals surface area contributed by atoms with Crippen LogP contribution in [0.2, 0.25) is 0 Å². The Labute approximate surface area is 115 Å². The van der Waals surface area contributed by atoms with E-state index in [1.54, 1.807) is 0 Å². The lowest BCUT2D eigenvalue weighted by Gasteiger charge is -2.32. The van der Waals surface area contributed by atoms with Gasteiger partial charge in [0.05, 0.1) is 23.7 Å². The van der Waals surface area contributed by atoms with Crippen LogP contribution in [0.1, 0.15) is 25.7 Å². The van der Waals surface area contributed by atoms with Crippen LogP contribution in [0.5, 0.6) is 0 Å². The predicted octanol–water partition coefficient (Wildman–Crippen LogP) is -0.392. The zero-order valence-corrected chi connectivity index (χ0v) is 12.1. The Morgan fingerprint density at radius 1 is 1.16 bits per heavy atom. The zero-order valence-electron chi connectivity index (χ0n) is 11.3. The smallest absolute Gasteiger partial charge is 0.154 e. The lowest BCUT2D eigenvalue weighted by atomic mass is 10.1. The van der Waals surface area contributed by atoms with Gasteiger partial charge in [-0.15, -0.1) is 0 Å². The van der Waals surface area contributed by atoms with Crippen molar-refractivity contribution in [1.29, 1.82) is 0 Å². The molecule has 3 unspecified atom stereocenters. The quantitative estimate of drug-likeness (QED) is 0.721. The summed E-state index contributed by atoms with van der Waals surface area (Å²) >= 11 is 0. The van der Waals surface area contributed by atoms with Gasteiger partial charge in [-0.3, -0.25) is 4.90 Å². The van der Waals surface area contributed by atoms with Gasteiger partial charge in [-0.25, -0.2) is 8.42 Å². The van der Waals surface area contributed by atoms with Gasteiger partial charge in [0.15, 0.2) is 9.84 Å². The number of rotatable bonds is 5. The van der Waals surface area contributed by atoms with Crippen LogP contribution in [-0.2, 0) is 9.84 Å². The molecule has 0 aromatic carbocycles. The summed E-state index contributed by atoms with van der Waals surface area (Å²) in [6.07, 6.45) is 4.17. The monoisotopic (exact) mass is 288 g/mol. The first-order valence-corrected chi connectivity index (χ1v) is 9.21. The van der Waals surface area contributed by atoms with Gasteiger partial charge in [-0.05, 0) is 38.1 Å². The summed E-state index contributed by atoms with van der Waals surface area (Å²) in [6, 6.07) is 0.280. The van der Waals surface area contributed by atoms with Gasteiger partial charge in [0.1, 0.15) is 0 Å². The van der Waals surface area contributed by atoms with E-state index in [-0.39, 0.29) is 17.5 Å². The minimum absolute atomic E-state index is 0.0586. The molecule has 0 radical (unpaired) electrons. The molecule has 110 valence electrons. The molecule has 2 heterocycles. The average Bonchev–Trinajstić information content (AvgIpc) is 2.89. The summed E-state index contributed by atoms with van der Waals surface area (Å²) in [5.41, 5.74) is 0. The molecule has 2 aliphatic heterocycles. The SMILES string of the molecule is O=S1(=O)CC(O)C(N(CC2CC2)CC2CCCN2)C1. The van der Waals surface area contributed by atoms with E-state index in [1.165, 1.54) is 19.3 Å². The van der Waals surface area contributed by atoms with Crippen LogP contribution in [0.4, 0.5) is 0 Å². The van der Waals surface area contributed by atoms with Crippen LogP contribution in [0.3, 0.4) is 0 Å². The van der Waals surface area contributed by atoms with E-state index < -0.39 is 15.9 Å². The Kier molecular flexibility index (Phi) is 3.86. The van der Waals surface area contributed by atoms with E-state index in [4.69, 9.17) is 0 Å². The van der Waals surface area contributed by atoms with Gasteiger partial charge < -0.3 is 10.4 Å². The maximum Gasteiger partial charge on any atom is 0.154 e. The largest absolute Gasteiger partial charge is 0.390 e. The molecule has 1 aliphatic carbocycles. The lowest BCUT2D eigenvalue weighted by molar-refractivity contribution is 0.0744. The number of aliphatic hydroxyl groups is 1. The van der Waals surface area contributed by atoms with Crippen molar-refractivity contribution in [2.45, 2.75) is 43.9 Å². The number of nitrogens with one attached hydrogen (secondary N) is 1. The van der Waals surface area contributed by atoms with Crippen molar-refractivity contribution in [3.8, 4) is 0 Å². The van der Waals surface area contributed by atoms with Gasteiger partial charge in [-0.2, -0.15) is 0 Å². The molecular weight excluding hydrogens is 264 g/mol. The second kappa shape index (κ2) is 5.31. The van der Waals surface area contributed by atoms with Gasteiger partial charge in [-0.1, -0.05) is 0 Å². The zero-order chi connectivity index (χ0) is 13.5. The fourth-order valence-corrected chi connectivity index (χ4v) is 5.16. The molecule has 2 saturated heterocycles. The summed E-state index contributed by atoms with van der Waals surface area (Å²) in [5, 5.41) is 13.5. The van der Waals surface area contributed by atoms with E-state index in [2.05, 4.69) is 10.2 Å². The molecule has 0 aromatic heterocycles. The van der Waals surface area contributed by atoms with Crippen molar-refractivity contribution in [3.05, 3.63) is 0 Å². The molecule has 3 aliphatic rings. The van der Waals surface area contributed by atoms with Crippen LogP contribution >= 0.6 is 0 Å². The first kappa shape index (κ1) is 13.8. The van der Waals surface area contributed by atoms with E-state index in [0.717, 1.165) is 32.0 Å². The maximum absolute atomic E-state index is 11.7. The number of hydrogen-bond acceptors (Lipinski definition) is 5. The molecular formula is C13H24N2O3S. The summed E-state index contributed by atoms with van der Waals surface area (Å²) in [7, 11) is -3.05. The Hall–Kier alpha value is -0.170. The highest BCUT2D eigenvalue weighted by Gasteiger charge is 2.42. The number of aliphatic hydroxyl groups excluding tert-OH is 1. The molecule has 6 heteroatoms. The summed E-state index contributed by atoms with van der Waals surface area (Å²) in [6.45, 7) is 2.90. The molecule has 3 fully saturated rings. The molecule has 0 amide bonds. The first-order valence-electron chi connectivity index (χ1n) is 7.39. The van der Waals surface area contributed by atoms with Gasteiger partial charge in [0, 0.05) is 19.1 Å². The summed E-state index contributed by atoms with van der Waals surface area (Å²) < 4.78 is 23.4. The standard InChI is InChI=1S/C13H24N2O3S/c16-13-9-19(17,18)8-12(13)15(6-10-3-4-10)7-11-2-1-5-14-11/h10-14,16H,1-9H2. The van der Waals surface area contributed by atoms with Gasteiger partial charge in [0.25, 0.3) is 0 Å². The minimum Gasteiger partial charge on any atom is -0.390 e. The predicted molar refractivity (Wildman–Crippen MR) is 73.8 cm³/mol. The second-order valence-corrected chi connectivity index (χ2v) is 8.56. The Morgan fingerprint density at radius 2 is 1.95 bits per heavy atom. The summed E-state index contributed by atoms with van der Waals surface area (Å²) in [4.78, 5) is 2.25. The first-order chi connectivity index (χ1) is 9.03. The van der Waals surface area contributed by atoms with Gasteiger partial charge in [0.2, 0.25) is 0 Å². The molecule has 5 nitrogen and oxygen atoms in total. The second-order valence-electron chi connectivity index (χ2n) is 6.40. The van der Waals surface area contributed by atoms with Crippen molar-refractivity contribution < 1.29 is 13.5 Å². The molecule has 1 saturated carbocycles. The number of nitrogens with zero attached hydrogens (tertiary/aromatic N) is 1. The normalized spacial score (nSPS) is 38.1. The minimum atomic E-state index is -3.05. The highest BCUT2D eigenvalue weighted by molar-refractivity contribution is 7.91. The van der Waals surface area contributed by atoms with Crippen molar-refractivity contribution in [2.24, 2.45) is 5.92 Å². The Bertz CT molecular complexity index is 416. The summed E-state index contributed by atoms with van der Waals surface area (Å²) in [5.74, 6) is 0.793. The van der Waals surface area contributed by atoms with Crippen molar-refractivity contribution >= 4 is 9.84 Å². The molecule has 3 atom stereocenters. The van der Waals surface area contributed by atoms with E-state index in [0.29, 0.717) is 6.04 Å². The molecule has 2 N–H and O–H groups in total. The third-order valence-corrected chi connectivity index (χ3v) is 6.27. The molecule has 19 heavy (non-hydrogen) atoms. The molecule has 0 spiro atoms. The van der Waals surface area contributed by atoms with E-state index >= 15 is 0 Å². The fraction of sp³-hybridized carbons (Fsp3) is 1.00. The van der Waals surface area contributed by atoms with Crippen LogP contribution in [0, 0.1) is 5.92 Å². The molecule has 0 bridgehead atoms. The highest BCUT2D eigenvalue weighted by atomic mass is 32.2. The number of sulfone groups is 1. The third kappa shape index (κ3) is 3.48. The van der Waals surface area contributed by atoms with Crippen molar-refractivity contribution in [2.75, 3.05) is 31.1 Å². The van der Waals surface area contributed by atoms with Crippen molar-refractivity contribution in [3.63, 3.8) is 0 Å². The topological polar surface area (TPSA) is 69.6 Å². The average molecular weight is 288 g/mol. The van der Waals surface area contributed by atoms with Gasteiger partial charge >= 0.3 is 0 Å². The fourth-order valence-electron chi connectivity index (χ4n) is 3.33.